The molecule has 0 unspecified atom stereocenters. The zero-order chi connectivity index (χ0) is 26.0. The van der Waals surface area contributed by atoms with E-state index in [1.165, 1.54) is 24.8 Å². The predicted molar refractivity (Wildman–Crippen MR) is 150 cm³/mol. The van der Waals surface area contributed by atoms with Crippen molar-refractivity contribution in [3.63, 3.8) is 0 Å². The van der Waals surface area contributed by atoms with Crippen molar-refractivity contribution in [2.75, 3.05) is 19.6 Å². The van der Waals surface area contributed by atoms with E-state index in [1.807, 2.05) is 18.2 Å². The molecule has 0 saturated heterocycles. The summed E-state index contributed by atoms with van der Waals surface area (Å²) < 4.78 is 0.849. The lowest BCUT2D eigenvalue weighted by Crippen LogP contribution is -2.43. The zero-order valence-corrected chi connectivity index (χ0v) is 22.3. The van der Waals surface area contributed by atoms with Crippen molar-refractivity contribution in [2.24, 2.45) is 0 Å². The van der Waals surface area contributed by atoms with Crippen molar-refractivity contribution in [1.29, 1.82) is 0 Å². The highest BCUT2D eigenvalue weighted by atomic mass is 32.1. The van der Waals surface area contributed by atoms with Gasteiger partial charge in [0, 0.05) is 25.6 Å². The molecule has 2 aromatic carbocycles. The number of fused-ring (bicyclic) bond motifs is 1. The van der Waals surface area contributed by atoms with E-state index in [0.717, 1.165) is 79.6 Å². The Bertz CT molecular complexity index is 1200. The standard InChI is InChI=1S/C29H39N3O4S/c33-24-13-10-21(11-14-24)16-18-30-19-17-26(35)32(23-8-4-1-5-9-23)20-6-2-3-7-22-12-15-25(34)27-28(22)37-29(36)31-27/h10-15,23,30,33-34H,1-9,16-20H2,(H,31,36). The number of thiazole rings is 1. The van der Waals surface area contributed by atoms with Gasteiger partial charge in [-0.25, -0.2) is 0 Å². The second kappa shape index (κ2) is 13.6. The maximum Gasteiger partial charge on any atom is 0.305 e. The first kappa shape index (κ1) is 27.2. The Morgan fingerprint density at radius 1 is 0.973 bits per heavy atom. The SMILES string of the molecule is O=C(CCNCCc1ccc(O)cc1)N(CCCCCc1ccc(O)c2[nH]c(=O)sc12)C1CCCCC1. The van der Waals surface area contributed by atoms with Crippen LogP contribution in [0.4, 0.5) is 0 Å². The van der Waals surface area contributed by atoms with Crippen LogP contribution in [-0.2, 0) is 17.6 Å². The molecule has 200 valence electrons. The fourth-order valence-electron chi connectivity index (χ4n) is 5.31. The van der Waals surface area contributed by atoms with E-state index in [0.29, 0.717) is 24.5 Å². The van der Waals surface area contributed by atoms with Crippen molar-refractivity contribution in [2.45, 2.75) is 76.7 Å². The molecule has 1 fully saturated rings. The largest absolute Gasteiger partial charge is 0.508 e. The fourth-order valence-corrected chi connectivity index (χ4v) is 6.20. The summed E-state index contributed by atoms with van der Waals surface area (Å²) in [6.07, 6.45) is 11.1. The van der Waals surface area contributed by atoms with Gasteiger partial charge >= 0.3 is 4.87 Å². The first-order chi connectivity index (χ1) is 18.0. The fraction of sp³-hybridized carbons (Fsp3) is 0.517. The number of nitrogens with one attached hydrogen (secondary N) is 2. The van der Waals surface area contributed by atoms with E-state index >= 15 is 0 Å². The summed E-state index contributed by atoms with van der Waals surface area (Å²) in [5.74, 6) is 0.650. The molecule has 1 aliphatic carbocycles. The average Bonchev–Trinajstić information content (AvgIpc) is 3.31. The number of unbranched alkanes of at least 4 members (excludes halogenated alkanes) is 2. The minimum Gasteiger partial charge on any atom is -0.508 e. The first-order valence-electron chi connectivity index (χ1n) is 13.6. The number of carbonyl (C=O) groups excluding carboxylic acids is 1. The number of carbonyl (C=O) groups is 1. The molecule has 0 aliphatic heterocycles. The Balaban J connectivity index is 1.21. The molecule has 0 spiro atoms. The topological polar surface area (TPSA) is 106 Å². The van der Waals surface area contributed by atoms with Gasteiger partial charge in [0.1, 0.15) is 17.0 Å². The number of hydrogen-bond donors (Lipinski definition) is 4. The molecular weight excluding hydrogens is 486 g/mol. The molecule has 8 heteroatoms. The number of amides is 1. The summed E-state index contributed by atoms with van der Waals surface area (Å²) in [4.78, 5) is 29.7. The van der Waals surface area contributed by atoms with Crippen LogP contribution in [0.2, 0.25) is 0 Å². The molecule has 1 saturated carbocycles. The number of phenols is 2. The van der Waals surface area contributed by atoms with Crippen LogP contribution >= 0.6 is 11.3 Å². The van der Waals surface area contributed by atoms with E-state index in [4.69, 9.17) is 0 Å². The Hall–Kier alpha value is -2.84. The highest BCUT2D eigenvalue weighted by Gasteiger charge is 2.24. The van der Waals surface area contributed by atoms with E-state index in [2.05, 4.69) is 15.2 Å². The monoisotopic (exact) mass is 525 g/mol. The van der Waals surface area contributed by atoms with Crippen LogP contribution in [0.15, 0.2) is 41.2 Å². The minimum absolute atomic E-state index is 0.119. The van der Waals surface area contributed by atoms with Gasteiger partial charge < -0.3 is 25.4 Å². The lowest BCUT2D eigenvalue weighted by Gasteiger charge is -2.34. The summed E-state index contributed by atoms with van der Waals surface area (Å²) in [5.41, 5.74) is 2.80. The number of hydrogen-bond acceptors (Lipinski definition) is 6. The molecular formula is C29H39N3O4S. The molecule has 3 aromatic rings. The molecule has 0 radical (unpaired) electrons. The quantitative estimate of drug-likeness (QED) is 0.233. The van der Waals surface area contributed by atoms with Crippen LogP contribution in [0, 0.1) is 0 Å². The Labute approximate surface area is 222 Å². The zero-order valence-electron chi connectivity index (χ0n) is 21.5. The molecule has 37 heavy (non-hydrogen) atoms. The number of H-pyrrole nitrogens is 1. The van der Waals surface area contributed by atoms with Crippen molar-refractivity contribution in [3.05, 3.63) is 57.2 Å². The van der Waals surface area contributed by atoms with Gasteiger partial charge in [0.05, 0.1) is 4.70 Å². The number of rotatable bonds is 13. The second-order valence-corrected chi connectivity index (χ2v) is 11.1. The Morgan fingerprint density at radius 3 is 2.54 bits per heavy atom. The number of nitrogens with zero attached hydrogens (tertiary/aromatic N) is 1. The van der Waals surface area contributed by atoms with Gasteiger partial charge in [-0.2, -0.15) is 0 Å². The van der Waals surface area contributed by atoms with Crippen LogP contribution in [0.5, 0.6) is 11.5 Å². The van der Waals surface area contributed by atoms with E-state index in [9.17, 15) is 19.8 Å². The Kier molecular flexibility index (Phi) is 10.0. The van der Waals surface area contributed by atoms with Gasteiger partial charge in [-0.1, -0.05) is 55.2 Å². The lowest BCUT2D eigenvalue weighted by atomic mass is 9.93. The molecule has 1 amide bonds. The normalized spacial score (nSPS) is 14.3. The number of phenolic OH excluding ortho intramolecular Hbond substituents is 2. The molecule has 0 bridgehead atoms. The average molecular weight is 526 g/mol. The third kappa shape index (κ3) is 7.82. The summed E-state index contributed by atoms with van der Waals surface area (Å²) >= 11 is 1.15. The first-order valence-corrected chi connectivity index (χ1v) is 14.4. The van der Waals surface area contributed by atoms with Crippen molar-refractivity contribution in [1.82, 2.24) is 15.2 Å². The molecule has 7 nitrogen and oxygen atoms in total. The van der Waals surface area contributed by atoms with E-state index in [-0.39, 0.29) is 22.3 Å². The number of aromatic amines is 1. The van der Waals surface area contributed by atoms with Crippen molar-refractivity contribution < 1.29 is 15.0 Å². The van der Waals surface area contributed by atoms with Gasteiger partial charge in [-0.05, 0) is 74.4 Å². The molecule has 0 atom stereocenters. The van der Waals surface area contributed by atoms with Crippen LogP contribution in [0.3, 0.4) is 0 Å². The summed E-state index contributed by atoms with van der Waals surface area (Å²) in [6, 6.07) is 11.2. The van der Waals surface area contributed by atoms with Gasteiger partial charge in [0.25, 0.3) is 0 Å². The third-order valence-electron chi connectivity index (χ3n) is 7.36. The highest BCUT2D eigenvalue weighted by Crippen LogP contribution is 2.29. The molecule has 4 rings (SSSR count). The van der Waals surface area contributed by atoms with Crippen LogP contribution in [0.25, 0.3) is 10.2 Å². The molecule has 4 N–H and O–H groups in total. The maximum absolute atomic E-state index is 13.2. The summed E-state index contributed by atoms with van der Waals surface area (Å²) in [5, 5.41) is 22.8. The van der Waals surface area contributed by atoms with E-state index < -0.39 is 0 Å². The van der Waals surface area contributed by atoms with Crippen molar-refractivity contribution in [3.8, 4) is 11.5 Å². The maximum atomic E-state index is 13.2. The second-order valence-electron chi connectivity index (χ2n) is 10.1. The molecule has 1 aromatic heterocycles. The smallest absolute Gasteiger partial charge is 0.305 e. The minimum atomic E-state index is -0.144. The number of benzene rings is 2. The van der Waals surface area contributed by atoms with E-state index in [1.54, 1.807) is 18.2 Å². The predicted octanol–water partition coefficient (Wildman–Crippen LogP) is 5.10. The molecule has 1 heterocycles. The summed E-state index contributed by atoms with van der Waals surface area (Å²) in [7, 11) is 0. The lowest BCUT2D eigenvalue weighted by molar-refractivity contribution is -0.134. The van der Waals surface area contributed by atoms with Crippen LogP contribution in [0.1, 0.15) is 68.9 Å². The van der Waals surface area contributed by atoms with Gasteiger partial charge in [0.15, 0.2) is 0 Å². The van der Waals surface area contributed by atoms with Crippen LogP contribution < -0.4 is 10.2 Å². The number of aromatic hydroxyl groups is 2. The molecule has 1 aliphatic rings. The summed E-state index contributed by atoms with van der Waals surface area (Å²) in [6.45, 7) is 2.29. The van der Waals surface area contributed by atoms with Crippen LogP contribution in [-0.4, -0.2) is 51.7 Å². The van der Waals surface area contributed by atoms with Crippen molar-refractivity contribution >= 4 is 27.5 Å². The third-order valence-corrected chi connectivity index (χ3v) is 8.32. The number of aromatic nitrogens is 1. The highest BCUT2D eigenvalue weighted by molar-refractivity contribution is 7.16. The van der Waals surface area contributed by atoms with Gasteiger partial charge in [-0.3, -0.25) is 9.59 Å². The van der Waals surface area contributed by atoms with Gasteiger partial charge in [-0.15, -0.1) is 0 Å². The number of aryl methyl sites for hydroxylation is 1. The van der Waals surface area contributed by atoms with Gasteiger partial charge in [0.2, 0.25) is 5.91 Å². The Morgan fingerprint density at radius 2 is 1.76 bits per heavy atom.